The summed E-state index contributed by atoms with van der Waals surface area (Å²) in [5.74, 6) is -1.48. The van der Waals surface area contributed by atoms with E-state index in [2.05, 4.69) is 65.2 Å². The molecule has 5 aliphatic rings. The molecule has 16 nitrogen and oxygen atoms in total. The van der Waals surface area contributed by atoms with Crippen LogP contribution in [0.15, 0.2) is 41.9 Å². The van der Waals surface area contributed by atoms with Crippen LogP contribution >= 0.6 is 11.3 Å². The van der Waals surface area contributed by atoms with Crippen LogP contribution < -0.4 is 10.7 Å². The number of morpholine rings is 1. The number of nitrogens with one attached hydrogen (secondary N) is 2. The van der Waals surface area contributed by atoms with E-state index in [0.29, 0.717) is 56.5 Å². The number of benzene rings is 1. The highest BCUT2D eigenvalue weighted by Gasteiger charge is 2.56. The molecule has 68 heavy (non-hydrogen) atoms. The highest BCUT2D eigenvalue weighted by molar-refractivity contribution is 7.10. The molecule has 0 unspecified atom stereocenters. The number of methoxy groups -OCH3 is 1. The fraction of sp³-hybridized carbons (Fsp3) is 0.608. The first-order valence-corrected chi connectivity index (χ1v) is 25.4. The van der Waals surface area contributed by atoms with Crippen LogP contribution in [0.5, 0.6) is 0 Å². The van der Waals surface area contributed by atoms with Crippen molar-refractivity contribution in [2.75, 3.05) is 66.7 Å². The van der Waals surface area contributed by atoms with Crippen LogP contribution in [0.2, 0.25) is 0 Å². The monoisotopic (exact) mass is 952 g/mol. The number of hydrogen-bond acceptors (Lipinski definition) is 12. The third-order valence-corrected chi connectivity index (χ3v) is 15.9. The standard InChI is InChI=1S/C51H69N9O7S/c1-9-59-41-15-14-33-22-36(41)37(45(59)35-12-10-16-52-43(35)32(4)65-8)26-50(5,6)30-67-48(63)38-13-11-17-60(55-38)47(62)39(23-42-53-40(33)27-68-42)54-46(61)44(31(2)3)56(7)49(64)58-28-51(29-58)24-34(25-51)57-18-20-66-21-19-57/h10,12,14-16,22,27,31-32,34,38-39,44,55H,9,11,13,17-21,23-26,28-30H2,1-8H3,(H,54,61)/t32-,38-,39-,44-/m0/s1. The molecule has 17 heteroatoms. The number of hydrogen-bond donors (Lipinski definition) is 2. The van der Waals surface area contributed by atoms with E-state index in [1.807, 2.05) is 37.1 Å². The number of aryl methyl sites for hydroxylation is 1. The Kier molecular flexibility index (Phi) is 13.8. The van der Waals surface area contributed by atoms with Crippen molar-refractivity contribution >= 4 is 46.1 Å². The number of ether oxygens (including phenoxy) is 3. The van der Waals surface area contributed by atoms with E-state index in [1.165, 1.54) is 16.3 Å². The molecule has 4 fully saturated rings. The number of thiazole rings is 1. The fourth-order valence-electron chi connectivity index (χ4n) is 11.4. The van der Waals surface area contributed by atoms with Gasteiger partial charge in [-0.25, -0.2) is 15.2 Å². The first-order valence-electron chi connectivity index (χ1n) is 24.6. The summed E-state index contributed by atoms with van der Waals surface area (Å²) in [4.78, 5) is 73.1. The molecule has 3 aromatic heterocycles. The maximum Gasteiger partial charge on any atom is 0.324 e. The Balaban J connectivity index is 1.01. The SMILES string of the molecule is CCn1c(-c2cccnc2[C@H](C)OC)c2c3cc(ccc31)-c1csc(n1)C[C@H](NC(=O)[C@H](C(C)C)N(C)C(=O)N1CC3(CC(N4CCOCC4)C3)C1)C(=O)N1CCC[C@H](N1)C(=O)OCC(C)(C)C2. The molecule has 1 spiro atoms. The number of nitrogens with zero attached hydrogens (tertiary/aromatic N) is 7. The predicted octanol–water partition coefficient (Wildman–Crippen LogP) is 6.08. The summed E-state index contributed by atoms with van der Waals surface area (Å²) in [5, 5.41) is 8.28. The zero-order valence-corrected chi connectivity index (χ0v) is 41.8. The zero-order chi connectivity index (χ0) is 48.1. The van der Waals surface area contributed by atoms with Crippen LogP contribution in [0, 0.1) is 16.7 Å². The van der Waals surface area contributed by atoms with Crippen molar-refractivity contribution in [3.05, 3.63) is 58.2 Å². The number of hydrazine groups is 1. The molecule has 1 saturated carbocycles. The molecule has 4 amide bonds. The third kappa shape index (κ3) is 9.40. The summed E-state index contributed by atoms with van der Waals surface area (Å²) in [7, 11) is 3.38. The Morgan fingerprint density at radius 1 is 1.09 bits per heavy atom. The third-order valence-electron chi connectivity index (χ3n) is 15.0. The predicted molar refractivity (Wildman–Crippen MR) is 261 cm³/mol. The number of aromatic nitrogens is 3. The second kappa shape index (κ2) is 19.5. The van der Waals surface area contributed by atoms with Crippen molar-refractivity contribution < 1.29 is 33.4 Å². The number of carbonyl (C=O) groups excluding carboxylic acids is 4. The molecule has 0 radical (unpaired) electrons. The maximum atomic E-state index is 14.7. The second-order valence-corrected chi connectivity index (χ2v) is 21.9. The number of urea groups is 1. The van der Waals surface area contributed by atoms with Gasteiger partial charge in [0.25, 0.3) is 5.91 Å². The van der Waals surface area contributed by atoms with Crippen molar-refractivity contribution in [2.24, 2.45) is 16.7 Å². The number of likely N-dealkylation sites (N-methyl/N-ethyl adjacent to an activating group) is 1. The van der Waals surface area contributed by atoms with Crippen molar-refractivity contribution in [1.29, 1.82) is 0 Å². The largest absolute Gasteiger partial charge is 0.464 e. The van der Waals surface area contributed by atoms with E-state index in [0.717, 1.165) is 83.8 Å². The van der Waals surface area contributed by atoms with Crippen LogP contribution in [0.3, 0.4) is 0 Å². The highest BCUT2D eigenvalue weighted by atomic mass is 32.1. The first kappa shape index (κ1) is 48.1. The topological polar surface area (TPSA) is 164 Å². The molecule has 4 aromatic rings. The smallest absolute Gasteiger partial charge is 0.324 e. The van der Waals surface area contributed by atoms with Gasteiger partial charge in [0.2, 0.25) is 5.91 Å². The highest BCUT2D eigenvalue weighted by Crippen LogP contribution is 2.51. The molecule has 2 N–H and O–H groups in total. The lowest BCUT2D eigenvalue weighted by Gasteiger charge is -2.61. The second-order valence-electron chi connectivity index (χ2n) is 20.9. The number of rotatable bonds is 9. The summed E-state index contributed by atoms with van der Waals surface area (Å²) < 4.78 is 19.8. The Labute approximate surface area is 404 Å². The Hall–Kier alpha value is -4.94. The van der Waals surface area contributed by atoms with E-state index in [4.69, 9.17) is 24.2 Å². The number of esters is 1. The lowest BCUT2D eigenvalue weighted by Crippen LogP contribution is -2.70. The molecule has 1 aromatic carbocycles. The van der Waals surface area contributed by atoms with Gasteiger partial charge in [0.05, 0.1) is 48.0 Å². The van der Waals surface area contributed by atoms with Crippen molar-refractivity contribution in [2.45, 2.75) is 117 Å². The number of amides is 4. The number of cyclic esters (lactones) is 1. The normalized spacial score (nSPS) is 23.1. The molecule has 6 bridgehead atoms. The van der Waals surface area contributed by atoms with Gasteiger partial charge in [0.15, 0.2) is 0 Å². The molecule has 1 aliphatic carbocycles. The number of carbonyl (C=O) groups is 4. The lowest BCUT2D eigenvalue weighted by atomic mass is 9.60. The number of likely N-dealkylation sites (tertiary alicyclic amines) is 1. The molecule has 366 valence electrons. The lowest BCUT2D eigenvalue weighted by molar-refractivity contribution is -0.155. The summed E-state index contributed by atoms with van der Waals surface area (Å²) in [5.41, 5.74) is 9.57. The summed E-state index contributed by atoms with van der Waals surface area (Å²) >= 11 is 1.44. The van der Waals surface area contributed by atoms with Gasteiger partial charge in [-0.3, -0.25) is 29.3 Å². The van der Waals surface area contributed by atoms with Crippen molar-refractivity contribution in [3.8, 4) is 22.5 Å². The molecule has 3 saturated heterocycles. The minimum absolute atomic E-state index is 0.115. The quantitative estimate of drug-likeness (QED) is 0.187. The molecular formula is C51H69N9O7S. The average molecular weight is 952 g/mol. The number of pyridine rings is 1. The summed E-state index contributed by atoms with van der Waals surface area (Å²) in [6.45, 7) is 18.2. The fourth-order valence-corrected chi connectivity index (χ4v) is 12.2. The molecular weight excluding hydrogens is 883 g/mol. The van der Waals surface area contributed by atoms with Crippen LogP contribution in [0.25, 0.3) is 33.4 Å². The molecule has 4 aliphatic heterocycles. The summed E-state index contributed by atoms with van der Waals surface area (Å²) in [6.07, 6.45) is 5.46. The van der Waals surface area contributed by atoms with E-state index < -0.39 is 35.4 Å². The Morgan fingerprint density at radius 2 is 1.85 bits per heavy atom. The van der Waals surface area contributed by atoms with Crippen LogP contribution in [0.1, 0.15) is 89.6 Å². The van der Waals surface area contributed by atoms with Gasteiger partial charge < -0.3 is 33.9 Å². The van der Waals surface area contributed by atoms with Gasteiger partial charge in [-0.1, -0.05) is 33.8 Å². The van der Waals surface area contributed by atoms with Gasteiger partial charge in [-0.05, 0) is 81.7 Å². The van der Waals surface area contributed by atoms with Crippen molar-refractivity contribution in [3.63, 3.8) is 0 Å². The molecule has 9 rings (SSSR count). The minimum atomic E-state index is -1.04. The number of fused-ring (bicyclic) bond motifs is 6. The van der Waals surface area contributed by atoms with Gasteiger partial charge >= 0.3 is 12.0 Å². The van der Waals surface area contributed by atoms with Crippen LogP contribution in [-0.2, 0) is 48.0 Å². The van der Waals surface area contributed by atoms with Gasteiger partial charge in [0.1, 0.15) is 18.1 Å². The summed E-state index contributed by atoms with van der Waals surface area (Å²) in [6, 6.07) is 8.21. The van der Waals surface area contributed by atoms with E-state index in [1.54, 1.807) is 25.3 Å². The van der Waals surface area contributed by atoms with Crippen LogP contribution in [-0.4, -0.2) is 149 Å². The maximum absolute atomic E-state index is 14.7. The molecule has 7 heterocycles. The van der Waals surface area contributed by atoms with E-state index >= 15 is 0 Å². The van der Waals surface area contributed by atoms with Crippen molar-refractivity contribution in [1.82, 2.24) is 45.0 Å². The minimum Gasteiger partial charge on any atom is -0.464 e. The molecule has 4 atom stereocenters. The first-order chi connectivity index (χ1) is 32.6. The zero-order valence-electron chi connectivity index (χ0n) is 41.0. The van der Waals surface area contributed by atoms with Crippen LogP contribution in [0.4, 0.5) is 4.79 Å². The van der Waals surface area contributed by atoms with Gasteiger partial charge in [-0.2, -0.15) is 0 Å². The Morgan fingerprint density at radius 3 is 2.57 bits per heavy atom. The van der Waals surface area contributed by atoms with E-state index in [-0.39, 0.29) is 42.4 Å². The van der Waals surface area contributed by atoms with Gasteiger partial charge in [0, 0.05) is 110 Å². The average Bonchev–Trinajstić information content (AvgIpc) is 3.90. The van der Waals surface area contributed by atoms with Gasteiger partial charge in [-0.15, -0.1) is 11.3 Å². The van der Waals surface area contributed by atoms with E-state index in [9.17, 15) is 19.2 Å². The Bertz CT molecular complexity index is 2520.